The van der Waals surface area contributed by atoms with E-state index in [-0.39, 0.29) is 11.2 Å². The van der Waals surface area contributed by atoms with Gasteiger partial charge in [-0.1, -0.05) is 0 Å². The van der Waals surface area contributed by atoms with Gasteiger partial charge in [0, 0.05) is 31.4 Å². The second-order valence-electron chi connectivity index (χ2n) is 7.18. The van der Waals surface area contributed by atoms with Crippen LogP contribution in [-0.2, 0) is 14.0 Å². The van der Waals surface area contributed by atoms with Crippen molar-refractivity contribution in [1.82, 2.24) is 5.32 Å². The maximum Gasteiger partial charge on any atom is 0.497 e. The molecule has 0 saturated carbocycles. The molecule has 0 aliphatic carbocycles. The third kappa shape index (κ3) is 4.12. The second kappa shape index (κ2) is 7.15. The molecule has 2 saturated heterocycles. The van der Waals surface area contributed by atoms with Gasteiger partial charge in [0.1, 0.15) is 0 Å². The number of rotatable bonds is 6. The molecule has 2 aliphatic rings. The molecule has 0 spiro atoms. The molecule has 2 heterocycles. The Bertz CT molecular complexity index is 402. The van der Waals surface area contributed by atoms with Crippen molar-refractivity contribution in [2.75, 3.05) is 19.8 Å². The minimum atomic E-state index is -0.474. The maximum atomic E-state index is 7.61. The fraction of sp³-hybridized carbons (Fsp3) is 0.812. The highest BCUT2D eigenvalue weighted by Gasteiger charge is 2.52. The standard InChI is InChI=1S/C16H29BN2O3/c1-15(2)16(3,4)22-17(21-15)14(11-18)12-19-8-5-13-6-9-20-10-7-13/h11-13,18-19H,5-10H2,1-4H3/b14-12+,18-11?. The van der Waals surface area contributed by atoms with Crippen LogP contribution in [0.25, 0.3) is 0 Å². The van der Waals surface area contributed by atoms with Gasteiger partial charge in [-0.05, 0) is 59.1 Å². The lowest BCUT2D eigenvalue weighted by atomic mass is 9.79. The molecule has 0 aromatic rings. The fourth-order valence-electron chi connectivity index (χ4n) is 2.67. The van der Waals surface area contributed by atoms with Crippen LogP contribution in [-0.4, -0.2) is 44.3 Å². The first-order valence-corrected chi connectivity index (χ1v) is 8.23. The van der Waals surface area contributed by atoms with E-state index in [4.69, 9.17) is 19.5 Å². The number of ether oxygens (including phenoxy) is 1. The molecule has 0 aromatic carbocycles. The van der Waals surface area contributed by atoms with E-state index in [0.29, 0.717) is 0 Å². The highest BCUT2D eigenvalue weighted by atomic mass is 16.7. The molecule has 22 heavy (non-hydrogen) atoms. The summed E-state index contributed by atoms with van der Waals surface area (Å²) < 4.78 is 17.3. The molecule has 0 bridgehead atoms. The highest BCUT2D eigenvalue weighted by Crippen LogP contribution is 2.38. The zero-order chi connectivity index (χ0) is 16.2. The Hall–Kier alpha value is -0.845. The molecular weight excluding hydrogens is 279 g/mol. The van der Waals surface area contributed by atoms with Gasteiger partial charge in [0.15, 0.2) is 0 Å². The number of hydrogen-bond donors (Lipinski definition) is 2. The molecule has 0 unspecified atom stereocenters. The predicted octanol–water partition coefficient (Wildman–Crippen LogP) is 2.56. The summed E-state index contributed by atoms with van der Waals surface area (Å²) in [5.41, 5.74) is -0.0189. The Morgan fingerprint density at radius 1 is 1.18 bits per heavy atom. The predicted molar refractivity (Wildman–Crippen MR) is 89.1 cm³/mol. The van der Waals surface area contributed by atoms with E-state index in [0.717, 1.165) is 50.4 Å². The summed E-state index contributed by atoms with van der Waals surface area (Å²) in [7, 11) is -0.474. The summed E-state index contributed by atoms with van der Waals surface area (Å²) in [4.78, 5) is 0. The van der Waals surface area contributed by atoms with Crippen LogP contribution in [0.2, 0.25) is 0 Å². The van der Waals surface area contributed by atoms with E-state index in [1.165, 1.54) is 6.21 Å². The summed E-state index contributed by atoms with van der Waals surface area (Å²) in [6, 6.07) is 0. The van der Waals surface area contributed by atoms with Crippen molar-refractivity contribution < 1.29 is 14.0 Å². The molecule has 0 aromatic heterocycles. The van der Waals surface area contributed by atoms with E-state index >= 15 is 0 Å². The van der Waals surface area contributed by atoms with Gasteiger partial charge < -0.3 is 24.8 Å². The Labute approximate surface area is 134 Å². The molecule has 0 amide bonds. The van der Waals surface area contributed by atoms with E-state index < -0.39 is 7.12 Å². The molecule has 5 nitrogen and oxygen atoms in total. The third-order valence-corrected chi connectivity index (χ3v) is 5.00. The quantitative estimate of drug-likeness (QED) is 0.450. The lowest BCUT2D eigenvalue weighted by Crippen LogP contribution is -2.41. The average molecular weight is 308 g/mol. The van der Waals surface area contributed by atoms with E-state index in [9.17, 15) is 0 Å². The molecular formula is C16H29BN2O3. The molecule has 2 N–H and O–H groups in total. The fourth-order valence-corrected chi connectivity index (χ4v) is 2.67. The first-order valence-electron chi connectivity index (χ1n) is 8.23. The Balaban J connectivity index is 1.82. The van der Waals surface area contributed by atoms with Gasteiger partial charge in [-0.15, -0.1) is 0 Å². The molecule has 2 aliphatic heterocycles. The molecule has 0 atom stereocenters. The average Bonchev–Trinajstić information content (AvgIpc) is 2.68. The van der Waals surface area contributed by atoms with Crippen molar-refractivity contribution in [3.05, 3.63) is 11.7 Å². The van der Waals surface area contributed by atoms with Crippen LogP contribution >= 0.6 is 0 Å². The smallest absolute Gasteiger partial charge is 0.399 e. The number of nitrogens with one attached hydrogen (secondary N) is 2. The van der Waals surface area contributed by atoms with Gasteiger partial charge in [0.25, 0.3) is 0 Å². The third-order valence-electron chi connectivity index (χ3n) is 5.00. The van der Waals surface area contributed by atoms with Crippen LogP contribution in [0.5, 0.6) is 0 Å². The summed E-state index contributed by atoms with van der Waals surface area (Å²) in [6.45, 7) is 10.8. The zero-order valence-corrected chi connectivity index (χ0v) is 14.3. The Morgan fingerprint density at radius 3 is 2.32 bits per heavy atom. The Morgan fingerprint density at radius 2 is 1.77 bits per heavy atom. The van der Waals surface area contributed by atoms with Gasteiger partial charge in [-0.3, -0.25) is 0 Å². The molecule has 2 rings (SSSR count). The van der Waals surface area contributed by atoms with Crippen LogP contribution in [0.4, 0.5) is 0 Å². The van der Waals surface area contributed by atoms with Gasteiger partial charge >= 0.3 is 7.12 Å². The van der Waals surface area contributed by atoms with Crippen molar-refractivity contribution >= 4 is 13.3 Å². The lowest BCUT2D eigenvalue weighted by molar-refractivity contribution is 0.00578. The van der Waals surface area contributed by atoms with E-state index in [1.807, 2.05) is 33.9 Å². The summed E-state index contributed by atoms with van der Waals surface area (Å²) in [5, 5.41) is 10.9. The van der Waals surface area contributed by atoms with Crippen LogP contribution in [0.1, 0.15) is 47.0 Å². The van der Waals surface area contributed by atoms with Gasteiger partial charge in [0.2, 0.25) is 0 Å². The summed E-state index contributed by atoms with van der Waals surface area (Å²) in [5.74, 6) is 0.745. The van der Waals surface area contributed by atoms with Crippen molar-refractivity contribution in [2.45, 2.75) is 58.2 Å². The largest absolute Gasteiger partial charge is 0.497 e. The molecule has 124 valence electrons. The lowest BCUT2D eigenvalue weighted by Gasteiger charge is -2.32. The van der Waals surface area contributed by atoms with Gasteiger partial charge in [0.05, 0.1) is 11.2 Å². The first kappa shape index (κ1) is 17.5. The van der Waals surface area contributed by atoms with Crippen LogP contribution in [0.3, 0.4) is 0 Å². The topological polar surface area (TPSA) is 63.6 Å². The molecule has 6 heteroatoms. The van der Waals surface area contributed by atoms with Crippen molar-refractivity contribution in [1.29, 1.82) is 5.41 Å². The number of allylic oxidation sites excluding steroid dienone is 1. The van der Waals surface area contributed by atoms with Crippen LogP contribution < -0.4 is 5.32 Å². The van der Waals surface area contributed by atoms with Crippen LogP contribution in [0.15, 0.2) is 11.7 Å². The monoisotopic (exact) mass is 308 g/mol. The molecule has 2 fully saturated rings. The summed E-state index contributed by atoms with van der Waals surface area (Å²) >= 11 is 0. The zero-order valence-electron chi connectivity index (χ0n) is 14.3. The minimum absolute atomic E-state index is 0.373. The maximum absolute atomic E-state index is 7.61. The van der Waals surface area contributed by atoms with Crippen molar-refractivity contribution in [3.8, 4) is 0 Å². The van der Waals surface area contributed by atoms with E-state index in [2.05, 4.69) is 5.32 Å². The summed E-state index contributed by atoms with van der Waals surface area (Å²) in [6.07, 6.45) is 6.60. The second-order valence-corrected chi connectivity index (χ2v) is 7.18. The highest BCUT2D eigenvalue weighted by molar-refractivity contribution is 6.60. The Kier molecular flexibility index (Phi) is 5.69. The normalized spacial score (nSPS) is 25.3. The van der Waals surface area contributed by atoms with Crippen molar-refractivity contribution in [3.63, 3.8) is 0 Å². The SMILES string of the molecule is CC1(C)OB(/C(C=N)=C/NCCC2CCOCC2)OC1(C)C. The van der Waals surface area contributed by atoms with Crippen LogP contribution in [0, 0.1) is 11.3 Å². The minimum Gasteiger partial charge on any atom is -0.399 e. The van der Waals surface area contributed by atoms with E-state index in [1.54, 1.807) is 0 Å². The van der Waals surface area contributed by atoms with Gasteiger partial charge in [-0.2, -0.15) is 0 Å². The number of hydrogen-bond acceptors (Lipinski definition) is 5. The first-order chi connectivity index (χ1) is 10.4. The molecule has 0 radical (unpaired) electrons. The van der Waals surface area contributed by atoms with Gasteiger partial charge in [-0.25, -0.2) is 0 Å². The van der Waals surface area contributed by atoms with Crippen molar-refractivity contribution in [2.24, 2.45) is 5.92 Å².